The molecule has 0 heterocycles. The second kappa shape index (κ2) is 4.99. The molecule has 0 bridgehead atoms. The third-order valence-electron chi connectivity index (χ3n) is 1.79. The van der Waals surface area contributed by atoms with Crippen molar-refractivity contribution in [2.45, 2.75) is 13.0 Å². The van der Waals surface area contributed by atoms with Gasteiger partial charge in [-0.2, -0.15) is 0 Å². The van der Waals surface area contributed by atoms with Gasteiger partial charge in [0.25, 0.3) is 0 Å². The number of carbonyl (C=O) groups is 2. The van der Waals surface area contributed by atoms with Gasteiger partial charge < -0.3 is 10.1 Å². The van der Waals surface area contributed by atoms with Crippen molar-refractivity contribution in [1.82, 2.24) is 0 Å². The van der Waals surface area contributed by atoms with Crippen molar-refractivity contribution in [3.63, 3.8) is 0 Å². The molecule has 1 aromatic carbocycles. The molecule has 0 radical (unpaired) electrons. The number of aldehydes is 1. The van der Waals surface area contributed by atoms with E-state index in [4.69, 9.17) is 0 Å². The van der Waals surface area contributed by atoms with Crippen molar-refractivity contribution in [2.24, 2.45) is 5.18 Å². The molecule has 5 nitrogen and oxygen atoms in total. The highest BCUT2D eigenvalue weighted by Gasteiger charge is 2.10. The summed E-state index contributed by atoms with van der Waals surface area (Å²) < 4.78 is 0. The van der Waals surface area contributed by atoms with Gasteiger partial charge in [0.2, 0.25) is 5.91 Å². The van der Waals surface area contributed by atoms with E-state index in [1.165, 1.54) is 6.92 Å². The Morgan fingerprint density at radius 1 is 1.53 bits per heavy atom. The summed E-state index contributed by atoms with van der Waals surface area (Å²) in [5.74, 6) is -0.214. The quantitative estimate of drug-likeness (QED) is 0.601. The zero-order valence-corrected chi connectivity index (χ0v) is 8.14. The number of hydrogen-bond acceptors (Lipinski definition) is 4. The highest BCUT2D eigenvalue weighted by molar-refractivity contribution is 5.88. The lowest BCUT2D eigenvalue weighted by molar-refractivity contribution is -0.114. The summed E-state index contributed by atoms with van der Waals surface area (Å²) in [4.78, 5) is 31.6. The molecule has 0 aromatic heterocycles. The van der Waals surface area contributed by atoms with Crippen molar-refractivity contribution < 1.29 is 9.59 Å². The lowest BCUT2D eigenvalue weighted by Crippen LogP contribution is -2.06. The maximum Gasteiger partial charge on any atom is 0.221 e. The van der Waals surface area contributed by atoms with Crippen LogP contribution in [0, 0.1) is 4.91 Å². The van der Waals surface area contributed by atoms with E-state index in [1.807, 2.05) is 0 Å². The molecule has 0 aliphatic rings. The van der Waals surface area contributed by atoms with Crippen LogP contribution in [0.15, 0.2) is 29.4 Å². The smallest absolute Gasteiger partial charge is 0.221 e. The van der Waals surface area contributed by atoms with Crippen LogP contribution in [0.2, 0.25) is 0 Å². The van der Waals surface area contributed by atoms with Crippen LogP contribution >= 0.6 is 0 Å². The Morgan fingerprint density at radius 3 is 2.80 bits per heavy atom. The number of nitrogens with one attached hydrogen (secondary N) is 1. The first-order valence-corrected chi connectivity index (χ1v) is 4.32. The first kappa shape index (κ1) is 11.0. The van der Waals surface area contributed by atoms with Crippen LogP contribution in [0.1, 0.15) is 18.5 Å². The molecule has 1 unspecified atom stereocenters. The van der Waals surface area contributed by atoms with E-state index in [9.17, 15) is 14.5 Å². The predicted octanol–water partition coefficient (Wildman–Crippen LogP) is 1.65. The predicted molar refractivity (Wildman–Crippen MR) is 55.3 cm³/mol. The second-order valence-electron chi connectivity index (χ2n) is 2.99. The first-order valence-electron chi connectivity index (χ1n) is 4.32. The van der Waals surface area contributed by atoms with Crippen LogP contribution in [0.25, 0.3) is 0 Å². The van der Waals surface area contributed by atoms with Gasteiger partial charge >= 0.3 is 0 Å². The van der Waals surface area contributed by atoms with Crippen LogP contribution in [0.3, 0.4) is 0 Å². The summed E-state index contributed by atoms with van der Waals surface area (Å²) in [6.45, 7) is 1.38. The lowest BCUT2D eigenvalue weighted by atomic mass is 10.1. The summed E-state index contributed by atoms with van der Waals surface area (Å²) in [6.07, 6.45) is 0.458. The van der Waals surface area contributed by atoms with E-state index in [0.717, 1.165) is 0 Å². The highest BCUT2D eigenvalue weighted by Crippen LogP contribution is 2.18. The molecule has 0 spiro atoms. The fourth-order valence-corrected chi connectivity index (χ4v) is 1.17. The summed E-state index contributed by atoms with van der Waals surface area (Å²) in [5, 5.41) is 5.22. The molecule has 15 heavy (non-hydrogen) atoms. The van der Waals surface area contributed by atoms with Gasteiger partial charge in [-0.1, -0.05) is 17.3 Å². The van der Waals surface area contributed by atoms with Gasteiger partial charge in [-0.15, -0.1) is 4.91 Å². The van der Waals surface area contributed by atoms with E-state index < -0.39 is 6.04 Å². The van der Waals surface area contributed by atoms with Crippen molar-refractivity contribution in [2.75, 3.05) is 5.32 Å². The lowest BCUT2D eigenvalue weighted by Gasteiger charge is -2.05. The van der Waals surface area contributed by atoms with E-state index >= 15 is 0 Å². The summed E-state index contributed by atoms with van der Waals surface area (Å²) in [5.41, 5.74) is 1.00. The average Bonchev–Trinajstić information content (AvgIpc) is 2.19. The normalized spacial score (nSPS) is 11.5. The molecule has 1 atom stereocenters. The van der Waals surface area contributed by atoms with Crippen molar-refractivity contribution >= 4 is 17.9 Å². The molecule has 0 saturated heterocycles. The van der Waals surface area contributed by atoms with Gasteiger partial charge in [0, 0.05) is 12.6 Å². The molecule has 5 heteroatoms. The first-order chi connectivity index (χ1) is 7.17. The minimum Gasteiger partial charge on any atom is -0.326 e. The summed E-state index contributed by atoms with van der Waals surface area (Å²) in [7, 11) is 0. The number of hydrogen-bond donors (Lipinski definition) is 1. The monoisotopic (exact) mass is 206 g/mol. The van der Waals surface area contributed by atoms with Crippen LogP contribution in [-0.2, 0) is 9.59 Å². The van der Waals surface area contributed by atoms with E-state index in [2.05, 4.69) is 10.5 Å². The fourth-order valence-electron chi connectivity index (χ4n) is 1.17. The molecule has 1 N–H and O–H groups in total. The van der Waals surface area contributed by atoms with Gasteiger partial charge in [-0.05, 0) is 17.7 Å². The molecule has 0 aliphatic carbocycles. The maximum absolute atomic E-state index is 10.8. The van der Waals surface area contributed by atoms with Crippen molar-refractivity contribution in [1.29, 1.82) is 0 Å². The molecule has 1 amide bonds. The minimum atomic E-state index is -1.02. The number of nitrogens with zero attached hydrogens (tertiary/aromatic N) is 1. The Balaban J connectivity index is 2.95. The number of amides is 1. The van der Waals surface area contributed by atoms with Crippen molar-refractivity contribution in [3.05, 3.63) is 34.7 Å². The van der Waals surface area contributed by atoms with Crippen LogP contribution < -0.4 is 5.32 Å². The number of nitroso groups, excluding NO2 is 1. The number of rotatable bonds is 4. The zero-order valence-electron chi connectivity index (χ0n) is 8.14. The standard InChI is InChI=1S/C10H10N2O3/c1-7(14)11-9-4-2-3-8(5-9)10(6-13)12-15/h2-6,10H,1H3,(H,11,14). The molecule has 1 rings (SSSR count). The van der Waals surface area contributed by atoms with Crippen LogP contribution in [-0.4, -0.2) is 12.2 Å². The topological polar surface area (TPSA) is 75.6 Å². The summed E-state index contributed by atoms with van der Waals surface area (Å²) >= 11 is 0. The Bertz CT molecular complexity index is 382. The van der Waals surface area contributed by atoms with Crippen LogP contribution in [0.5, 0.6) is 0 Å². The average molecular weight is 206 g/mol. The fraction of sp³-hybridized carbons (Fsp3) is 0.200. The molecule has 0 aliphatic heterocycles. The van der Waals surface area contributed by atoms with Gasteiger partial charge in [-0.3, -0.25) is 4.79 Å². The third kappa shape index (κ3) is 2.98. The van der Waals surface area contributed by atoms with Gasteiger partial charge in [0.05, 0.1) is 0 Å². The Hall–Kier alpha value is -2.04. The van der Waals surface area contributed by atoms with Gasteiger partial charge in [-0.25, -0.2) is 0 Å². The Kier molecular flexibility index (Phi) is 3.68. The highest BCUT2D eigenvalue weighted by atomic mass is 16.3. The van der Waals surface area contributed by atoms with Gasteiger partial charge in [0.1, 0.15) is 0 Å². The molecule has 78 valence electrons. The number of anilines is 1. The van der Waals surface area contributed by atoms with E-state index in [0.29, 0.717) is 17.5 Å². The van der Waals surface area contributed by atoms with E-state index in [1.54, 1.807) is 24.3 Å². The largest absolute Gasteiger partial charge is 0.326 e. The van der Waals surface area contributed by atoms with Crippen molar-refractivity contribution in [3.8, 4) is 0 Å². The SMILES string of the molecule is CC(=O)Nc1cccc(C(C=O)N=O)c1. The Labute approximate surface area is 86.5 Å². The molecule has 0 fully saturated rings. The summed E-state index contributed by atoms with van der Waals surface area (Å²) in [6, 6.07) is 5.44. The van der Waals surface area contributed by atoms with E-state index in [-0.39, 0.29) is 5.91 Å². The third-order valence-corrected chi connectivity index (χ3v) is 1.79. The second-order valence-corrected chi connectivity index (χ2v) is 2.99. The Morgan fingerprint density at radius 2 is 2.27 bits per heavy atom. The molecule has 1 aromatic rings. The van der Waals surface area contributed by atoms with Gasteiger partial charge in [0.15, 0.2) is 12.3 Å². The van der Waals surface area contributed by atoms with Crippen LogP contribution in [0.4, 0.5) is 5.69 Å². The zero-order chi connectivity index (χ0) is 11.3. The maximum atomic E-state index is 10.8. The molecular formula is C10H10N2O3. The number of carbonyl (C=O) groups excluding carboxylic acids is 2. The molecular weight excluding hydrogens is 196 g/mol. The molecule has 0 saturated carbocycles. The number of benzene rings is 1. The minimum absolute atomic E-state index is 0.214.